The first kappa shape index (κ1) is 15.0. The summed E-state index contributed by atoms with van der Waals surface area (Å²) in [7, 11) is 0. The van der Waals surface area contributed by atoms with Crippen LogP contribution in [-0.4, -0.2) is 34.3 Å². The van der Waals surface area contributed by atoms with Crippen molar-refractivity contribution in [2.75, 3.05) is 18.0 Å². The molecule has 1 N–H and O–H groups in total. The number of hydrogen-bond acceptors (Lipinski definition) is 4. The Kier molecular flexibility index (Phi) is 4.12. The minimum atomic E-state index is -0.212. The predicted octanol–water partition coefficient (Wildman–Crippen LogP) is 3.13. The Morgan fingerprint density at radius 3 is 2.59 bits per heavy atom. The molecule has 0 aliphatic carbocycles. The van der Waals surface area contributed by atoms with Gasteiger partial charge in [-0.1, -0.05) is 13.8 Å². The fraction of sp³-hybridized carbons (Fsp3) is 0.444. The number of anilines is 1. The summed E-state index contributed by atoms with van der Waals surface area (Å²) < 4.78 is 0. The molecule has 0 aromatic carbocycles. The topological polar surface area (TPSA) is 49.2 Å². The molecular formula is C18H23N3O. The van der Waals surface area contributed by atoms with Gasteiger partial charge in [0.2, 0.25) is 0 Å². The number of hydrogen-bond donors (Lipinski definition) is 1. The van der Waals surface area contributed by atoms with Crippen LogP contribution in [0.2, 0.25) is 0 Å². The van der Waals surface area contributed by atoms with Gasteiger partial charge in [-0.15, -0.1) is 0 Å². The average molecular weight is 297 g/mol. The highest BCUT2D eigenvalue weighted by Gasteiger charge is 2.29. The molecule has 2 aromatic heterocycles. The first-order valence-corrected chi connectivity index (χ1v) is 7.83. The zero-order valence-corrected chi connectivity index (χ0v) is 13.2. The zero-order valence-electron chi connectivity index (χ0n) is 13.2. The van der Waals surface area contributed by atoms with Crippen molar-refractivity contribution in [2.24, 2.45) is 5.41 Å². The number of aliphatic hydroxyl groups excluding tert-OH is 1. The summed E-state index contributed by atoms with van der Waals surface area (Å²) in [5, 5.41) is 10.0. The highest BCUT2D eigenvalue weighted by atomic mass is 16.3. The van der Waals surface area contributed by atoms with Crippen LogP contribution in [0, 0.1) is 5.41 Å². The lowest BCUT2D eigenvalue weighted by atomic mass is 9.87. The van der Waals surface area contributed by atoms with E-state index in [1.165, 1.54) is 0 Å². The van der Waals surface area contributed by atoms with Crippen LogP contribution in [-0.2, 0) is 0 Å². The summed E-state index contributed by atoms with van der Waals surface area (Å²) in [4.78, 5) is 11.0. The van der Waals surface area contributed by atoms with Crippen LogP contribution in [0.4, 0.5) is 5.82 Å². The smallest absolute Gasteiger partial charge is 0.128 e. The van der Waals surface area contributed by atoms with E-state index in [0.717, 1.165) is 42.9 Å². The monoisotopic (exact) mass is 297 g/mol. The Labute approximate surface area is 131 Å². The summed E-state index contributed by atoms with van der Waals surface area (Å²) in [6, 6.07) is 8.15. The van der Waals surface area contributed by atoms with Crippen LogP contribution in [0.15, 0.2) is 42.9 Å². The fourth-order valence-corrected chi connectivity index (χ4v) is 3.19. The van der Waals surface area contributed by atoms with Crippen LogP contribution in [0.1, 0.15) is 26.7 Å². The molecule has 1 aliphatic heterocycles. The molecule has 3 rings (SSSR count). The van der Waals surface area contributed by atoms with Crippen LogP contribution in [0.3, 0.4) is 0 Å². The van der Waals surface area contributed by atoms with Crippen molar-refractivity contribution in [3.8, 4) is 11.1 Å². The third kappa shape index (κ3) is 3.45. The standard InChI is InChI=1S/C18H23N3O/c1-18(2)11-16(22)7-10-21(13-18)17-4-3-15(12-20-17)14-5-8-19-9-6-14/h3-6,8-9,12,16,22H,7,10-11,13H2,1-2H3. The summed E-state index contributed by atoms with van der Waals surface area (Å²) in [6.45, 7) is 6.19. The normalized spacial score (nSPS) is 21.4. The van der Waals surface area contributed by atoms with Gasteiger partial charge >= 0.3 is 0 Å². The molecule has 2 aromatic rings. The molecule has 4 heteroatoms. The largest absolute Gasteiger partial charge is 0.393 e. The second-order valence-electron chi connectivity index (χ2n) is 6.87. The van der Waals surface area contributed by atoms with E-state index in [9.17, 15) is 5.11 Å². The number of rotatable bonds is 2. The van der Waals surface area contributed by atoms with Gasteiger partial charge in [0.25, 0.3) is 0 Å². The van der Waals surface area contributed by atoms with Crippen LogP contribution < -0.4 is 4.90 Å². The molecule has 22 heavy (non-hydrogen) atoms. The van der Waals surface area contributed by atoms with Crippen molar-refractivity contribution in [1.82, 2.24) is 9.97 Å². The van der Waals surface area contributed by atoms with Gasteiger partial charge in [-0.25, -0.2) is 4.98 Å². The SMILES string of the molecule is CC1(C)CC(O)CCN(c2ccc(-c3ccncc3)cn2)C1. The number of aromatic nitrogens is 2. The molecule has 3 heterocycles. The number of aliphatic hydroxyl groups is 1. The van der Waals surface area contributed by atoms with E-state index in [-0.39, 0.29) is 11.5 Å². The summed E-state index contributed by atoms with van der Waals surface area (Å²) in [5.41, 5.74) is 2.32. The highest BCUT2D eigenvalue weighted by molar-refractivity contribution is 5.63. The van der Waals surface area contributed by atoms with Gasteiger partial charge in [-0.05, 0) is 48.1 Å². The van der Waals surface area contributed by atoms with Crippen molar-refractivity contribution in [1.29, 1.82) is 0 Å². The Hall–Kier alpha value is -1.94. The number of nitrogens with zero attached hydrogens (tertiary/aromatic N) is 3. The average Bonchev–Trinajstić information content (AvgIpc) is 2.65. The van der Waals surface area contributed by atoms with Crippen molar-refractivity contribution < 1.29 is 5.11 Å². The van der Waals surface area contributed by atoms with Gasteiger partial charge in [0.1, 0.15) is 5.82 Å². The lowest BCUT2D eigenvalue weighted by Gasteiger charge is -2.30. The van der Waals surface area contributed by atoms with Crippen LogP contribution in [0.5, 0.6) is 0 Å². The molecule has 0 bridgehead atoms. The quantitative estimate of drug-likeness (QED) is 0.925. The molecule has 1 unspecified atom stereocenters. The molecule has 1 fully saturated rings. The van der Waals surface area contributed by atoms with Gasteiger partial charge in [-0.2, -0.15) is 0 Å². The van der Waals surface area contributed by atoms with Gasteiger partial charge in [0.15, 0.2) is 0 Å². The zero-order chi connectivity index (χ0) is 15.6. The van der Waals surface area contributed by atoms with Crippen LogP contribution >= 0.6 is 0 Å². The van der Waals surface area contributed by atoms with E-state index >= 15 is 0 Å². The molecule has 4 nitrogen and oxygen atoms in total. The Balaban J connectivity index is 1.80. The van der Waals surface area contributed by atoms with Crippen molar-refractivity contribution >= 4 is 5.82 Å². The summed E-state index contributed by atoms with van der Waals surface area (Å²) in [5.74, 6) is 0.986. The first-order chi connectivity index (χ1) is 10.5. The van der Waals surface area contributed by atoms with Gasteiger partial charge < -0.3 is 10.0 Å². The van der Waals surface area contributed by atoms with Crippen molar-refractivity contribution in [3.63, 3.8) is 0 Å². The lowest BCUT2D eigenvalue weighted by Crippen LogP contribution is -2.33. The minimum absolute atomic E-state index is 0.0986. The maximum absolute atomic E-state index is 10.0. The molecule has 1 atom stereocenters. The molecule has 1 aliphatic rings. The molecule has 116 valence electrons. The molecule has 0 amide bonds. The lowest BCUT2D eigenvalue weighted by molar-refractivity contribution is 0.123. The predicted molar refractivity (Wildman–Crippen MR) is 88.7 cm³/mol. The van der Waals surface area contributed by atoms with E-state index in [0.29, 0.717) is 0 Å². The second kappa shape index (κ2) is 6.05. The third-order valence-corrected chi connectivity index (χ3v) is 4.22. The Morgan fingerprint density at radius 1 is 1.14 bits per heavy atom. The second-order valence-corrected chi connectivity index (χ2v) is 6.87. The van der Waals surface area contributed by atoms with Crippen LogP contribution in [0.25, 0.3) is 11.1 Å². The Bertz CT molecular complexity index is 610. The van der Waals surface area contributed by atoms with Crippen molar-refractivity contribution in [3.05, 3.63) is 42.9 Å². The van der Waals surface area contributed by atoms with Gasteiger partial charge in [0.05, 0.1) is 6.10 Å². The number of pyridine rings is 2. The van der Waals surface area contributed by atoms with E-state index in [2.05, 4.69) is 40.8 Å². The van der Waals surface area contributed by atoms with Gasteiger partial charge in [-0.3, -0.25) is 4.98 Å². The van der Waals surface area contributed by atoms with E-state index in [1.807, 2.05) is 18.3 Å². The van der Waals surface area contributed by atoms with E-state index < -0.39 is 0 Å². The maximum Gasteiger partial charge on any atom is 0.128 e. The molecule has 1 saturated heterocycles. The van der Waals surface area contributed by atoms with E-state index in [1.54, 1.807) is 12.4 Å². The maximum atomic E-state index is 10.0. The van der Waals surface area contributed by atoms with E-state index in [4.69, 9.17) is 0 Å². The Morgan fingerprint density at radius 2 is 1.91 bits per heavy atom. The third-order valence-electron chi connectivity index (χ3n) is 4.22. The summed E-state index contributed by atoms with van der Waals surface area (Å²) >= 11 is 0. The minimum Gasteiger partial charge on any atom is -0.393 e. The fourth-order valence-electron chi connectivity index (χ4n) is 3.19. The van der Waals surface area contributed by atoms with Gasteiger partial charge in [0, 0.05) is 37.2 Å². The van der Waals surface area contributed by atoms with Crippen molar-refractivity contribution in [2.45, 2.75) is 32.8 Å². The molecular weight excluding hydrogens is 274 g/mol. The first-order valence-electron chi connectivity index (χ1n) is 7.83. The molecule has 0 radical (unpaired) electrons. The molecule has 0 saturated carbocycles. The summed E-state index contributed by atoms with van der Waals surface area (Å²) in [6.07, 6.45) is 6.94. The highest BCUT2D eigenvalue weighted by Crippen LogP contribution is 2.31. The molecule has 0 spiro atoms.